The summed E-state index contributed by atoms with van der Waals surface area (Å²) in [6.07, 6.45) is 0.506. The number of rotatable bonds is 4. The van der Waals surface area contributed by atoms with Crippen LogP contribution in [0.2, 0.25) is 0 Å². The molecule has 106 valence electrons. The van der Waals surface area contributed by atoms with Gasteiger partial charge in [-0.15, -0.1) is 0 Å². The van der Waals surface area contributed by atoms with Crippen LogP contribution in [0.5, 0.6) is 0 Å². The molecule has 0 unspecified atom stereocenters. The first kappa shape index (κ1) is 14.0. The summed E-state index contributed by atoms with van der Waals surface area (Å²) in [6.45, 7) is 5.40. The number of aromatic nitrogens is 4. The molecule has 0 bridgehead atoms. The minimum absolute atomic E-state index is 0.0957. The average molecular weight is 276 g/mol. The number of aliphatic carboxylic acids is 1. The molecule has 2 rings (SSSR count). The Morgan fingerprint density at radius 1 is 1.45 bits per heavy atom. The highest BCUT2D eigenvalue weighted by atomic mass is 16.4. The van der Waals surface area contributed by atoms with Crippen LogP contribution in [0.25, 0.3) is 5.82 Å². The first-order valence-corrected chi connectivity index (χ1v) is 6.30. The van der Waals surface area contributed by atoms with E-state index in [2.05, 4.69) is 15.1 Å². The maximum atomic E-state index is 11.6. The average Bonchev–Trinajstić information content (AvgIpc) is 2.65. The Labute approximate surface area is 115 Å². The van der Waals surface area contributed by atoms with Crippen molar-refractivity contribution in [2.45, 2.75) is 33.6 Å². The Morgan fingerprint density at radius 3 is 2.75 bits per heavy atom. The molecule has 0 saturated heterocycles. The Balaban J connectivity index is 2.56. The molecule has 0 aliphatic heterocycles. The first-order valence-electron chi connectivity index (χ1n) is 6.30. The molecule has 0 aliphatic carbocycles. The first-order chi connectivity index (χ1) is 9.42. The fourth-order valence-corrected chi connectivity index (χ4v) is 2.08. The predicted molar refractivity (Wildman–Crippen MR) is 72.2 cm³/mol. The number of H-pyrrole nitrogens is 1. The smallest absolute Gasteiger partial charge is 0.307 e. The summed E-state index contributed by atoms with van der Waals surface area (Å²) in [5, 5.41) is 13.2. The van der Waals surface area contributed by atoms with E-state index in [1.807, 2.05) is 6.92 Å². The number of carboxylic acid groups (broad SMARTS) is 1. The summed E-state index contributed by atoms with van der Waals surface area (Å²) in [6, 6.07) is 1.35. The second kappa shape index (κ2) is 5.28. The van der Waals surface area contributed by atoms with Gasteiger partial charge in [-0.25, -0.2) is 9.67 Å². The van der Waals surface area contributed by atoms with Gasteiger partial charge in [0.1, 0.15) is 5.82 Å². The predicted octanol–water partition coefficient (Wildman–Crippen LogP) is 0.762. The molecular formula is C13H16N4O3. The zero-order chi connectivity index (χ0) is 14.9. The summed E-state index contributed by atoms with van der Waals surface area (Å²) in [5.41, 5.74) is 1.71. The number of aryl methyl sites for hydroxylation is 2. The minimum Gasteiger partial charge on any atom is -0.481 e. The van der Waals surface area contributed by atoms with E-state index >= 15 is 0 Å². The van der Waals surface area contributed by atoms with Gasteiger partial charge in [-0.3, -0.25) is 9.59 Å². The van der Waals surface area contributed by atoms with Crippen LogP contribution in [0.15, 0.2) is 10.9 Å². The van der Waals surface area contributed by atoms with Crippen LogP contribution in [0, 0.1) is 13.8 Å². The van der Waals surface area contributed by atoms with E-state index in [-0.39, 0.29) is 12.0 Å². The Morgan fingerprint density at radius 2 is 2.15 bits per heavy atom. The van der Waals surface area contributed by atoms with Gasteiger partial charge in [-0.2, -0.15) is 5.10 Å². The van der Waals surface area contributed by atoms with Crippen molar-refractivity contribution in [3.05, 3.63) is 39.2 Å². The Bertz CT molecular complexity index is 715. The lowest BCUT2D eigenvalue weighted by Gasteiger charge is -2.05. The maximum absolute atomic E-state index is 11.6. The molecule has 0 spiro atoms. The highest BCUT2D eigenvalue weighted by Crippen LogP contribution is 2.16. The van der Waals surface area contributed by atoms with Crippen LogP contribution in [0.1, 0.15) is 29.7 Å². The van der Waals surface area contributed by atoms with E-state index in [1.54, 1.807) is 13.8 Å². The second-order valence-corrected chi connectivity index (χ2v) is 4.54. The molecule has 0 amide bonds. The van der Waals surface area contributed by atoms with E-state index in [1.165, 1.54) is 10.7 Å². The van der Waals surface area contributed by atoms with E-state index in [9.17, 15) is 9.59 Å². The fraction of sp³-hybridized carbons (Fsp3) is 0.385. The van der Waals surface area contributed by atoms with Crippen LogP contribution >= 0.6 is 0 Å². The minimum atomic E-state index is -0.913. The highest BCUT2D eigenvalue weighted by Gasteiger charge is 2.16. The van der Waals surface area contributed by atoms with Crippen LogP contribution in [-0.4, -0.2) is 30.8 Å². The molecule has 0 saturated carbocycles. The summed E-state index contributed by atoms with van der Waals surface area (Å²) < 4.78 is 1.52. The molecule has 2 aromatic rings. The molecule has 2 N–H and O–H groups in total. The fourth-order valence-electron chi connectivity index (χ4n) is 2.08. The van der Waals surface area contributed by atoms with Crippen molar-refractivity contribution in [3.63, 3.8) is 0 Å². The summed E-state index contributed by atoms with van der Waals surface area (Å²) >= 11 is 0. The lowest BCUT2D eigenvalue weighted by molar-refractivity contribution is -0.136. The summed E-state index contributed by atoms with van der Waals surface area (Å²) in [5.74, 6) is 0.0616. The van der Waals surface area contributed by atoms with Gasteiger partial charge in [0.25, 0.3) is 5.56 Å². The van der Waals surface area contributed by atoms with Gasteiger partial charge in [0.15, 0.2) is 5.82 Å². The SMILES string of the molecule is CCc1nc(-n2nc(C)c(CC(=O)O)c2C)cc(=O)[nH]1. The zero-order valence-corrected chi connectivity index (χ0v) is 11.6. The van der Waals surface area contributed by atoms with Gasteiger partial charge in [0.2, 0.25) is 0 Å². The standard InChI is InChI=1S/C13H16N4O3/c1-4-10-14-11(6-12(18)15-10)17-8(3)9(5-13(19)20)7(2)16-17/h6H,4-5H2,1-3H3,(H,19,20)(H,14,15,18). The third-order valence-corrected chi connectivity index (χ3v) is 3.10. The topological polar surface area (TPSA) is 101 Å². The van der Waals surface area contributed by atoms with Crippen molar-refractivity contribution in [1.82, 2.24) is 19.7 Å². The van der Waals surface area contributed by atoms with Crippen molar-refractivity contribution in [1.29, 1.82) is 0 Å². The monoisotopic (exact) mass is 276 g/mol. The van der Waals surface area contributed by atoms with Crippen LogP contribution in [0.3, 0.4) is 0 Å². The molecule has 0 radical (unpaired) electrons. The highest BCUT2D eigenvalue weighted by molar-refractivity contribution is 5.71. The number of nitrogens with zero attached hydrogens (tertiary/aromatic N) is 3. The van der Waals surface area contributed by atoms with Crippen molar-refractivity contribution in [2.24, 2.45) is 0 Å². The van der Waals surface area contributed by atoms with Crippen LogP contribution in [0.4, 0.5) is 0 Å². The molecule has 0 fully saturated rings. The summed E-state index contributed by atoms with van der Waals surface area (Å²) in [4.78, 5) is 29.4. The van der Waals surface area contributed by atoms with Crippen LogP contribution < -0.4 is 5.56 Å². The molecule has 7 nitrogen and oxygen atoms in total. The Kier molecular flexibility index (Phi) is 3.69. The van der Waals surface area contributed by atoms with Gasteiger partial charge in [0.05, 0.1) is 12.1 Å². The summed E-state index contributed by atoms with van der Waals surface area (Å²) in [7, 11) is 0. The maximum Gasteiger partial charge on any atom is 0.307 e. The number of aromatic amines is 1. The van der Waals surface area contributed by atoms with Crippen molar-refractivity contribution >= 4 is 5.97 Å². The lowest BCUT2D eigenvalue weighted by Crippen LogP contribution is -2.15. The quantitative estimate of drug-likeness (QED) is 0.858. The number of carbonyl (C=O) groups is 1. The molecular weight excluding hydrogens is 260 g/mol. The lowest BCUT2D eigenvalue weighted by atomic mass is 10.1. The van der Waals surface area contributed by atoms with Crippen molar-refractivity contribution < 1.29 is 9.90 Å². The number of nitrogens with one attached hydrogen (secondary N) is 1. The molecule has 0 atom stereocenters. The van der Waals surface area contributed by atoms with Gasteiger partial charge < -0.3 is 10.1 Å². The van der Waals surface area contributed by atoms with Gasteiger partial charge in [-0.1, -0.05) is 6.92 Å². The molecule has 2 heterocycles. The van der Waals surface area contributed by atoms with Gasteiger partial charge in [-0.05, 0) is 13.8 Å². The second-order valence-electron chi connectivity index (χ2n) is 4.54. The largest absolute Gasteiger partial charge is 0.481 e. The number of hydrogen-bond donors (Lipinski definition) is 2. The molecule has 0 aromatic carbocycles. The van der Waals surface area contributed by atoms with E-state index in [0.717, 1.165) is 0 Å². The zero-order valence-electron chi connectivity index (χ0n) is 11.6. The van der Waals surface area contributed by atoms with Crippen molar-refractivity contribution in [3.8, 4) is 5.82 Å². The van der Waals surface area contributed by atoms with Gasteiger partial charge in [0, 0.05) is 23.7 Å². The molecule has 0 aliphatic rings. The normalized spacial score (nSPS) is 10.8. The van der Waals surface area contributed by atoms with E-state index in [0.29, 0.717) is 35.0 Å². The molecule has 7 heteroatoms. The van der Waals surface area contributed by atoms with Crippen LogP contribution in [-0.2, 0) is 17.6 Å². The molecule has 20 heavy (non-hydrogen) atoms. The number of carboxylic acids is 1. The molecule has 2 aromatic heterocycles. The third kappa shape index (κ3) is 2.61. The Hall–Kier alpha value is -2.44. The van der Waals surface area contributed by atoms with E-state index < -0.39 is 5.97 Å². The third-order valence-electron chi connectivity index (χ3n) is 3.10. The van der Waals surface area contributed by atoms with Gasteiger partial charge >= 0.3 is 5.97 Å². The van der Waals surface area contributed by atoms with E-state index in [4.69, 9.17) is 5.11 Å². The number of hydrogen-bond acceptors (Lipinski definition) is 4. The van der Waals surface area contributed by atoms with Crippen molar-refractivity contribution in [2.75, 3.05) is 0 Å².